The Bertz CT molecular complexity index is 852. The molecule has 1 aromatic heterocycles. The van der Waals surface area contributed by atoms with Crippen molar-refractivity contribution in [1.82, 2.24) is 0 Å². The van der Waals surface area contributed by atoms with Gasteiger partial charge < -0.3 is 0 Å². The Kier molecular flexibility index (Phi) is 0.740. The highest BCUT2D eigenvalue weighted by Crippen LogP contribution is 2.33. The highest BCUT2D eigenvalue weighted by atomic mass is 32.1. The lowest BCUT2D eigenvalue weighted by Crippen LogP contribution is -1.69. The van der Waals surface area contributed by atoms with Gasteiger partial charge in [-0.25, -0.2) is 0 Å². The van der Waals surface area contributed by atoms with Gasteiger partial charge in [-0.2, -0.15) is 0 Å². The number of rotatable bonds is 0. The van der Waals surface area contributed by atoms with E-state index in [1.165, 1.54) is 0 Å². The van der Waals surface area contributed by atoms with E-state index in [0.29, 0.717) is 20.3 Å². The summed E-state index contributed by atoms with van der Waals surface area (Å²) in [6, 6.07) is -1.02. The maximum absolute atomic E-state index is 8.17. The van der Waals surface area contributed by atoms with Gasteiger partial charge >= 0.3 is 0 Å². The summed E-state index contributed by atoms with van der Waals surface area (Å²) in [4.78, 5) is 0. The highest BCUT2D eigenvalue weighted by Gasteiger charge is 2.02. The first-order chi connectivity index (χ1) is 9.77. The van der Waals surface area contributed by atoms with Crippen LogP contribution in [0.5, 0.6) is 0 Å². The molecule has 0 atom stereocenters. The molecule has 68 valence electrons. The van der Waals surface area contributed by atoms with Gasteiger partial charge in [0.15, 0.2) is 0 Å². The van der Waals surface area contributed by atoms with Crippen molar-refractivity contribution in [2.45, 2.75) is 6.92 Å². The van der Waals surface area contributed by atoms with Gasteiger partial charge in [-0.3, -0.25) is 0 Å². The predicted molar refractivity (Wildman–Crippen MR) is 64.1 cm³/mol. The molecule has 0 nitrogen and oxygen atoms in total. The van der Waals surface area contributed by atoms with Gasteiger partial charge in [0.2, 0.25) is 0 Å². The largest absolute Gasteiger partial charge is 0.135 e. The van der Waals surface area contributed by atoms with Gasteiger partial charge in [-0.05, 0) is 25.1 Å². The first-order valence-corrected chi connectivity index (χ1v) is 4.97. The molecule has 0 radical (unpaired) electrons. The molecule has 0 aliphatic carbocycles. The van der Waals surface area contributed by atoms with E-state index in [4.69, 9.17) is 9.60 Å². The number of fused-ring (bicyclic) bond motifs is 3. The Morgan fingerprint density at radius 2 is 1.79 bits per heavy atom. The fourth-order valence-corrected chi connectivity index (χ4v) is 2.32. The van der Waals surface area contributed by atoms with E-state index in [-0.39, 0.29) is 47.7 Å². The third-order valence-electron chi connectivity index (χ3n) is 2.01. The van der Waals surface area contributed by atoms with Crippen LogP contribution < -0.4 is 0 Å². The lowest BCUT2D eigenvalue weighted by atomic mass is 10.1. The Morgan fingerprint density at radius 1 is 1.00 bits per heavy atom. The van der Waals surface area contributed by atoms with Crippen LogP contribution in [0, 0.1) is 6.92 Å². The normalized spacial score (nSPS) is 18.2. The molecule has 3 rings (SSSR count). The van der Waals surface area contributed by atoms with Crippen LogP contribution in [0.25, 0.3) is 20.2 Å². The lowest BCUT2D eigenvalue weighted by Gasteiger charge is -1.92. The summed E-state index contributed by atoms with van der Waals surface area (Å²) < 4.78 is 56.2. The summed E-state index contributed by atoms with van der Waals surface area (Å²) in [7, 11) is 0. The lowest BCUT2D eigenvalue weighted by molar-refractivity contribution is 1.52. The van der Waals surface area contributed by atoms with Crippen LogP contribution >= 0.6 is 11.3 Å². The van der Waals surface area contributed by atoms with Crippen molar-refractivity contribution in [3.63, 3.8) is 0 Å². The van der Waals surface area contributed by atoms with E-state index in [9.17, 15) is 0 Å². The van der Waals surface area contributed by atoms with Crippen molar-refractivity contribution < 1.29 is 9.60 Å². The summed E-state index contributed by atoms with van der Waals surface area (Å²) >= 11 is 1.05. The standard InChI is InChI=1S/C13H10S/c1-9-6-7-13-11(8-9)10-4-2-3-5-12(10)14-13/h2-8H,1H3/i2D,3D,4D,5D,6D,7D,8D. The minimum Gasteiger partial charge on any atom is -0.135 e. The molecule has 3 aromatic rings. The molecule has 0 saturated heterocycles. The van der Waals surface area contributed by atoms with Crippen molar-refractivity contribution in [3.05, 3.63) is 47.9 Å². The molecule has 0 aliphatic heterocycles. The first-order valence-electron chi connectivity index (χ1n) is 7.66. The van der Waals surface area contributed by atoms with Gasteiger partial charge in [-0.1, -0.05) is 29.7 Å². The fourth-order valence-electron chi connectivity index (χ4n) is 1.40. The van der Waals surface area contributed by atoms with Crippen molar-refractivity contribution in [3.8, 4) is 0 Å². The first kappa shape index (κ1) is 3.67. The monoisotopic (exact) mass is 205 g/mol. The second-order valence-electron chi connectivity index (χ2n) is 3.01. The van der Waals surface area contributed by atoms with E-state index < -0.39 is 0 Å². The molecule has 0 unspecified atom stereocenters. The van der Waals surface area contributed by atoms with E-state index in [2.05, 4.69) is 0 Å². The minimum atomic E-state index is -0.342. The molecule has 0 N–H and O–H groups in total. The third kappa shape index (κ3) is 1.06. The maximum Gasteiger partial charge on any atom is 0.0638 e. The van der Waals surface area contributed by atoms with Crippen LogP contribution in [0.1, 0.15) is 15.2 Å². The zero-order chi connectivity index (χ0) is 15.6. The maximum atomic E-state index is 8.17. The zero-order valence-electron chi connectivity index (χ0n) is 14.4. The minimum absolute atomic E-state index is 0.0310. The summed E-state index contributed by atoms with van der Waals surface area (Å²) in [5.41, 5.74) is 0.347. The molecule has 0 fully saturated rings. The smallest absolute Gasteiger partial charge is 0.0638 e. The van der Waals surface area contributed by atoms with Crippen molar-refractivity contribution in [2.75, 3.05) is 0 Å². The second kappa shape index (κ2) is 2.82. The van der Waals surface area contributed by atoms with Crippen molar-refractivity contribution >= 4 is 31.5 Å². The summed E-state index contributed by atoms with van der Waals surface area (Å²) in [5.74, 6) is 0. The summed E-state index contributed by atoms with van der Waals surface area (Å²) in [5, 5.41) is 0.628. The molecule has 0 saturated carbocycles. The molecule has 0 aliphatic rings. The Labute approximate surface area is 96.6 Å². The zero-order valence-corrected chi connectivity index (χ0v) is 8.22. The molecular formula is C13H10S. The van der Waals surface area contributed by atoms with E-state index in [1.807, 2.05) is 0 Å². The number of thiophene rings is 1. The molecule has 14 heavy (non-hydrogen) atoms. The van der Waals surface area contributed by atoms with Crippen LogP contribution in [0.15, 0.2) is 42.3 Å². The molecule has 0 amide bonds. The van der Waals surface area contributed by atoms with E-state index in [1.54, 1.807) is 6.92 Å². The van der Waals surface area contributed by atoms with Crippen LogP contribution in [-0.4, -0.2) is 0 Å². The number of hydrogen-bond donors (Lipinski definition) is 0. The van der Waals surface area contributed by atoms with Crippen LogP contribution in [0.2, 0.25) is 0 Å². The second-order valence-corrected chi connectivity index (χ2v) is 4.03. The average molecular weight is 205 g/mol. The third-order valence-corrected chi connectivity index (χ3v) is 3.03. The quantitative estimate of drug-likeness (QED) is 0.511. The van der Waals surface area contributed by atoms with Gasteiger partial charge in [0, 0.05) is 20.2 Å². The van der Waals surface area contributed by atoms with Crippen LogP contribution in [0.4, 0.5) is 0 Å². The number of hydrogen-bond acceptors (Lipinski definition) is 1. The molecule has 1 heterocycles. The van der Waals surface area contributed by atoms with E-state index in [0.717, 1.165) is 11.3 Å². The Hall–Kier alpha value is -1.34. The van der Waals surface area contributed by atoms with E-state index >= 15 is 0 Å². The van der Waals surface area contributed by atoms with Gasteiger partial charge in [0.1, 0.15) is 0 Å². The highest BCUT2D eigenvalue weighted by molar-refractivity contribution is 7.25. The average Bonchev–Trinajstić information content (AvgIpc) is 2.87. The molecule has 0 spiro atoms. The fraction of sp³-hybridized carbons (Fsp3) is 0.0769. The number of benzene rings is 2. The topological polar surface area (TPSA) is 0 Å². The molecule has 0 bridgehead atoms. The Balaban J connectivity index is 2.73. The van der Waals surface area contributed by atoms with Gasteiger partial charge in [-0.15, -0.1) is 11.3 Å². The molecular weight excluding hydrogens is 188 g/mol. The summed E-state index contributed by atoms with van der Waals surface area (Å²) in [6.45, 7) is 1.58. The van der Waals surface area contributed by atoms with Gasteiger partial charge in [0.05, 0.1) is 9.60 Å². The van der Waals surface area contributed by atoms with Crippen molar-refractivity contribution in [2.24, 2.45) is 0 Å². The Morgan fingerprint density at radius 3 is 2.71 bits per heavy atom. The SMILES string of the molecule is [2H]c1c([2H])c([2H])c2c(sc3c([2H])c([2H])c(C)c([2H])c32)c1[2H]. The van der Waals surface area contributed by atoms with Crippen molar-refractivity contribution in [1.29, 1.82) is 0 Å². The predicted octanol–water partition coefficient (Wildman–Crippen LogP) is 4.36. The van der Waals surface area contributed by atoms with Gasteiger partial charge in [0.25, 0.3) is 0 Å². The summed E-state index contributed by atoms with van der Waals surface area (Å²) in [6.07, 6.45) is 0. The van der Waals surface area contributed by atoms with Crippen LogP contribution in [0.3, 0.4) is 0 Å². The molecule has 2 aromatic carbocycles. The van der Waals surface area contributed by atoms with Crippen LogP contribution in [-0.2, 0) is 0 Å². The molecule has 1 heteroatoms.